The van der Waals surface area contributed by atoms with Crippen LogP contribution in [0, 0.1) is 10.1 Å². The Kier molecular flexibility index (Phi) is 4.31. The Morgan fingerprint density at radius 2 is 2.00 bits per heavy atom. The summed E-state index contributed by atoms with van der Waals surface area (Å²) in [5.41, 5.74) is 0.698. The summed E-state index contributed by atoms with van der Waals surface area (Å²) in [4.78, 5) is 25.8. The molecule has 1 heterocycles. The molecule has 1 aromatic carbocycles. The molecule has 6 nitrogen and oxygen atoms in total. The van der Waals surface area contributed by atoms with Crippen LogP contribution in [0.15, 0.2) is 41.0 Å². The molecule has 2 rings (SSSR count). The van der Waals surface area contributed by atoms with E-state index in [1.807, 2.05) is 0 Å². The molecule has 2 aromatic rings. The van der Waals surface area contributed by atoms with Gasteiger partial charge in [0, 0.05) is 17.7 Å². The summed E-state index contributed by atoms with van der Waals surface area (Å²) in [6.07, 6.45) is 1.41. The van der Waals surface area contributed by atoms with Crippen LogP contribution in [-0.2, 0) is 0 Å². The number of non-ortho nitro benzene ring substituents is 1. The maximum atomic E-state index is 11.9. The summed E-state index contributed by atoms with van der Waals surface area (Å²) in [6, 6.07) is 6.91. The summed E-state index contributed by atoms with van der Waals surface area (Å²) in [5.74, 6) is -0.393. The average Bonchev–Trinajstić information content (AvgIpc) is 2.43. The number of nitro benzene ring substituents is 1. The van der Waals surface area contributed by atoms with Crippen LogP contribution < -0.4 is 5.32 Å². The molecular weight excluding hydrogens is 350 g/mol. The molecule has 0 radical (unpaired) electrons. The van der Waals surface area contributed by atoms with E-state index in [4.69, 9.17) is 11.6 Å². The van der Waals surface area contributed by atoms with Gasteiger partial charge in [0.1, 0.15) is 5.15 Å². The van der Waals surface area contributed by atoms with Crippen LogP contribution in [0.3, 0.4) is 0 Å². The minimum absolute atomic E-state index is 0.0718. The number of nitrogens with zero attached hydrogens (tertiary/aromatic N) is 2. The zero-order valence-electron chi connectivity index (χ0n) is 9.84. The SMILES string of the molecule is O=C(Nc1cnc(Cl)c(Br)c1)c1ccc([N+](=O)[O-])cc1. The second-order valence-corrected chi connectivity index (χ2v) is 4.97. The number of carbonyl (C=O) groups excluding carboxylic acids is 1. The van der Waals surface area contributed by atoms with Gasteiger partial charge in [-0.1, -0.05) is 11.6 Å². The highest BCUT2D eigenvalue weighted by atomic mass is 79.9. The lowest BCUT2D eigenvalue weighted by Crippen LogP contribution is -2.12. The third kappa shape index (κ3) is 3.31. The molecule has 0 aliphatic rings. The van der Waals surface area contributed by atoms with E-state index >= 15 is 0 Å². The molecule has 0 atom stereocenters. The van der Waals surface area contributed by atoms with Gasteiger partial charge in [0.2, 0.25) is 0 Å². The number of amides is 1. The smallest absolute Gasteiger partial charge is 0.269 e. The average molecular weight is 357 g/mol. The van der Waals surface area contributed by atoms with E-state index in [-0.39, 0.29) is 5.69 Å². The Bertz CT molecular complexity index is 676. The predicted molar refractivity (Wildman–Crippen MR) is 78.0 cm³/mol. The maximum absolute atomic E-state index is 11.9. The van der Waals surface area contributed by atoms with Crippen molar-refractivity contribution in [2.24, 2.45) is 0 Å². The number of halogens is 2. The van der Waals surface area contributed by atoms with E-state index < -0.39 is 10.8 Å². The third-order valence-electron chi connectivity index (χ3n) is 2.39. The van der Waals surface area contributed by atoms with Crippen LogP contribution in [0.25, 0.3) is 0 Å². The number of hydrogen-bond acceptors (Lipinski definition) is 4. The van der Waals surface area contributed by atoms with Gasteiger partial charge >= 0.3 is 0 Å². The van der Waals surface area contributed by atoms with Crippen LogP contribution >= 0.6 is 27.5 Å². The normalized spacial score (nSPS) is 10.1. The largest absolute Gasteiger partial charge is 0.321 e. The molecule has 0 spiro atoms. The number of rotatable bonds is 3. The highest BCUT2D eigenvalue weighted by Gasteiger charge is 2.10. The van der Waals surface area contributed by atoms with Gasteiger partial charge in [-0.3, -0.25) is 14.9 Å². The molecule has 8 heteroatoms. The Morgan fingerprint density at radius 1 is 1.35 bits per heavy atom. The Balaban J connectivity index is 2.15. The summed E-state index contributed by atoms with van der Waals surface area (Å²) >= 11 is 8.94. The maximum Gasteiger partial charge on any atom is 0.269 e. The summed E-state index contributed by atoms with van der Waals surface area (Å²) in [5, 5.41) is 13.4. The van der Waals surface area contributed by atoms with Crippen LogP contribution in [-0.4, -0.2) is 15.8 Å². The third-order valence-corrected chi connectivity index (χ3v) is 3.53. The lowest BCUT2D eigenvalue weighted by atomic mass is 10.2. The quantitative estimate of drug-likeness (QED) is 0.516. The number of nitro groups is 1. The zero-order valence-corrected chi connectivity index (χ0v) is 12.2. The fraction of sp³-hybridized carbons (Fsp3) is 0. The zero-order chi connectivity index (χ0) is 14.7. The van der Waals surface area contributed by atoms with Gasteiger partial charge in [0.15, 0.2) is 0 Å². The molecule has 1 N–H and O–H groups in total. The second-order valence-electron chi connectivity index (χ2n) is 3.75. The molecule has 0 saturated carbocycles. The molecule has 0 unspecified atom stereocenters. The van der Waals surface area contributed by atoms with Crippen molar-refractivity contribution in [2.45, 2.75) is 0 Å². The number of nitrogens with one attached hydrogen (secondary N) is 1. The minimum atomic E-state index is -0.526. The molecule has 102 valence electrons. The summed E-state index contributed by atoms with van der Waals surface area (Å²) < 4.78 is 0.556. The monoisotopic (exact) mass is 355 g/mol. The van der Waals surface area contributed by atoms with Crippen LogP contribution in [0.4, 0.5) is 11.4 Å². The predicted octanol–water partition coefficient (Wildman–Crippen LogP) is 3.66. The highest BCUT2D eigenvalue weighted by molar-refractivity contribution is 9.10. The van der Waals surface area contributed by atoms with Gasteiger partial charge in [-0.15, -0.1) is 0 Å². The van der Waals surface area contributed by atoms with Crippen LogP contribution in [0.1, 0.15) is 10.4 Å². The van der Waals surface area contributed by atoms with Crippen molar-refractivity contribution in [3.63, 3.8) is 0 Å². The van der Waals surface area contributed by atoms with Gasteiger partial charge in [0.05, 0.1) is 21.3 Å². The highest BCUT2D eigenvalue weighted by Crippen LogP contribution is 2.23. The van der Waals surface area contributed by atoms with E-state index in [1.165, 1.54) is 30.5 Å². The van der Waals surface area contributed by atoms with Crippen molar-refractivity contribution in [3.8, 4) is 0 Å². The number of carbonyl (C=O) groups is 1. The van der Waals surface area contributed by atoms with Gasteiger partial charge < -0.3 is 5.32 Å². The summed E-state index contributed by atoms with van der Waals surface area (Å²) in [6.45, 7) is 0. The molecular formula is C12H7BrClN3O3. The van der Waals surface area contributed by atoms with E-state index in [9.17, 15) is 14.9 Å². The summed E-state index contributed by atoms with van der Waals surface area (Å²) in [7, 11) is 0. The molecule has 1 amide bonds. The van der Waals surface area contributed by atoms with Gasteiger partial charge in [0.25, 0.3) is 11.6 Å². The first-order chi connectivity index (χ1) is 9.47. The molecule has 0 fully saturated rings. The fourth-order valence-electron chi connectivity index (χ4n) is 1.43. The Labute approximate surface area is 127 Å². The first-order valence-electron chi connectivity index (χ1n) is 5.34. The fourth-order valence-corrected chi connectivity index (χ4v) is 1.88. The molecule has 0 bridgehead atoms. The van der Waals surface area contributed by atoms with E-state index in [0.29, 0.717) is 20.9 Å². The van der Waals surface area contributed by atoms with Gasteiger partial charge in [-0.2, -0.15) is 0 Å². The molecule has 0 saturated heterocycles. The lowest BCUT2D eigenvalue weighted by molar-refractivity contribution is -0.384. The molecule has 1 aromatic heterocycles. The van der Waals surface area contributed by atoms with E-state index in [1.54, 1.807) is 6.07 Å². The van der Waals surface area contributed by atoms with Crippen molar-refractivity contribution in [3.05, 3.63) is 61.8 Å². The van der Waals surface area contributed by atoms with Crippen molar-refractivity contribution in [2.75, 3.05) is 5.32 Å². The van der Waals surface area contributed by atoms with E-state index in [2.05, 4.69) is 26.2 Å². The van der Waals surface area contributed by atoms with Crippen molar-refractivity contribution >= 4 is 44.8 Å². The Hall–Kier alpha value is -1.99. The number of hydrogen-bond donors (Lipinski definition) is 1. The number of pyridine rings is 1. The number of anilines is 1. The van der Waals surface area contributed by atoms with Gasteiger partial charge in [-0.25, -0.2) is 4.98 Å². The van der Waals surface area contributed by atoms with Crippen LogP contribution in [0.2, 0.25) is 5.15 Å². The molecule has 0 aliphatic carbocycles. The first kappa shape index (κ1) is 14.4. The molecule has 20 heavy (non-hydrogen) atoms. The first-order valence-corrected chi connectivity index (χ1v) is 6.51. The topological polar surface area (TPSA) is 85.1 Å². The molecule has 0 aliphatic heterocycles. The van der Waals surface area contributed by atoms with Crippen molar-refractivity contribution < 1.29 is 9.72 Å². The van der Waals surface area contributed by atoms with Crippen molar-refractivity contribution in [1.82, 2.24) is 4.98 Å². The number of benzene rings is 1. The lowest BCUT2D eigenvalue weighted by Gasteiger charge is -2.05. The second kappa shape index (κ2) is 5.98. The van der Waals surface area contributed by atoms with Crippen LogP contribution in [0.5, 0.6) is 0 Å². The number of aromatic nitrogens is 1. The standard InChI is InChI=1S/C12H7BrClN3O3/c13-10-5-8(6-15-11(10)14)16-12(18)7-1-3-9(4-2-7)17(19)20/h1-6H,(H,16,18). The Morgan fingerprint density at radius 3 is 2.55 bits per heavy atom. The van der Waals surface area contributed by atoms with Crippen molar-refractivity contribution in [1.29, 1.82) is 0 Å². The minimum Gasteiger partial charge on any atom is -0.321 e. The van der Waals surface area contributed by atoms with E-state index in [0.717, 1.165) is 0 Å². The van der Waals surface area contributed by atoms with Gasteiger partial charge in [-0.05, 0) is 34.1 Å².